The molecule has 0 spiro atoms. The summed E-state index contributed by atoms with van der Waals surface area (Å²) in [6.45, 7) is 7.63. The number of hydrogen-bond donors (Lipinski definition) is 0. The van der Waals surface area contributed by atoms with Crippen LogP contribution in [0.15, 0.2) is 54.6 Å². The van der Waals surface area contributed by atoms with Crippen molar-refractivity contribution in [3.05, 3.63) is 54.6 Å². The molecule has 4 rings (SSSR count). The van der Waals surface area contributed by atoms with E-state index in [0.717, 1.165) is 50.6 Å². The van der Waals surface area contributed by atoms with E-state index in [-0.39, 0.29) is 16.9 Å². The predicted molar refractivity (Wildman–Crippen MR) is 103 cm³/mol. The topological polar surface area (TPSA) is 27.7 Å². The van der Waals surface area contributed by atoms with Crippen LogP contribution in [-0.4, -0.2) is 32.5 Å². The number of rotatable bonds is 7. The molecule has 0 atom stereocenters. The molecule has 2 aliphatic rings. The van der Waals surface area contributed by atoms with Crippen molar-refractivity contribution >= 4 is 0 Å². The van der Waals surface area contributed by atoms with E-state index in [4.69, 9.17) is 14.2 Å². The Labute approximate surface area is 156 Å². The molecule has 26 heavy (non-hydrogen) atoms. The molecule has 2 aromatic rings. The molecule has 0 unspecified atom stereocenters. The van der Waals surface area contributed by atoms with Gasteiger partial charge in [-0.05, 0) is 24.5 Å². The summed E-state index contributed by atoms with van der Waals surface area (Å²) in [7, 11) is 0. The van der Waals surface area contributed by atoms with E-state index < -0.39 is 0 Å². The highest BCUT2D eigenvalue weighted by molar-refractivity contribution is 5.70. The second kappa shape index (κ2) is 7.05. The minimum atomic E-state index is 0.0869. The van der Waals surface area contributed by atoms with Crippen LogP contribution in [0.1, 0.15) is 26.7 Å². The Bertz CT molecular complexity index is 699. The first-order valence-electron chi connectivity index (χ1n) is 9.70. The molecule has 138 valence electrons. The third-order valence-electron chi connectivity index (χ3n) is 6.30. The SMILES string of the molecule is CCC1(C(Oc2ccccc2-c2ccccc2)C2(CC)COC2)COC1. The van der Waals surface area contributed by atoms with Crippen molar-refractivity contribution in [1.29, 1.82) is 0 Å². The first-order valence-corrected chi connectivity index (χ1v) is 9.70. The molecule has 2 saturated heterocycles. The summed E-state index contributed by atoms with van der Waals surface area (Å²) in [5.41, 5.74) is 2.51. The largest absolute Gasteiger partial charge is 0.488 e. The first kappa shape index (κ1) is 17.6. The summed E-state index contributed by atoms with van der Waals surface area (Å²) in [5, 5.41) is 0. The van der Waals surface area contributed by atoms with Crippen molar-refractivity contribution in [3.8, 4) is 16.9 Å². The van der Waals surface area contributed by atoms with Crippen LogP contribution in [0.25, 0.3) is 11.1 Å². The summed E-state index contributed by atoms with van der Waals surface area (Å²) in [4.78, 5) is 0. The van der Waals surface area contributed by atoms with Gasteiger partial charge < -0.3 is 14.2 Å². The minimum absolute atomic E-state index is 0.0869. The van der Waals surface area contributed by atoms with Crippen molar-refractivity contribution in [3.63, 3.8) is 0 Å². The monoisotopic (exact) mass is 352 g/mol. The highest BCUT2D eigenvalue weighted by Crippen LogP contribution is 2.50. The van der Waals surface area contributed by atoms with Crippen molar-refractivity contribution in [2.24, 2.45) is 10.8 Å². The summed E-state index contributed by atoms with van der Waals surface area (Å²) in [5.74, 6) is 0.961. The van der Waals surface area contributed by atoms with Gasteiger partial charge in [0.2, 0.25) is 0 Å². The third kappa shape index (κ3) is 2.83. The van der Waals surface area contributed by atoms with Crippen LogP contribution < -0.4 is 4.74 Å². The van der Waals surface area contributed by atoms with Gasteiger partial charge in [0, 0.05) is 5.56 Å². The second-order valence-electron chi connectivity index (χ2n) is 7.78. The van der Waals surface area contributed by atoms with Crippen LogP contribution in [0.4, 0.5) is 0 Å². The van der Waals surface area contributed by atoms with E-state index in [1.54, 1.807) is 0 Å². The Morgan fingerprint density at radius 2 is 1.35 bits per heavy atom. The summed E-state index contributed by atoms with van der Waals surface area (Å²) in [6, 6.07) is 18.9. The Morgan fingerprint density at radius 1 is 0.808 bits per heavy atom. The van der Waals surface area contributed by atoms with Gasteiger partial charge in [-0.2, -0.15) is 0 Å². The zero-order valence-corrected chi connectivity index (χ0v) is 15.7. The van der Waals surface area contributed by atoms with Crippen LogP contribution in [0.3, 0.4) is 0 Å². The van der Waals surface area contributed by atoms with E-state index >= 15 is 0 Å². The lowest BCUT2D eigenvalue weighted by molar-refractivity contribution is -0.250. The molecule has 2 aliphatic heterocycles. The maximum Gasteiger partial charge on any atom is 0.127 e. The van der Waals surface area contributed by atoms with Gasteiger partial charge in [0.1, 0.15) is 11.9 Å². The summed E-state index contributed by atoms with van der Waals surface area (Å²) < 4.78 is 18.1. The molecular formula is C23H28O3. The van der Waals surface area contributed by atoms with Gasteiger partial charge in [-0.15, -0.1) is 0 Å². The lowest BCUT2D eigenvalue weighted by Gasteiger charge is -2.56. The van der Waals surface area contributed by atoms with Crippen LogP contribution in [0.2, 0.25) is 0 Å². The normalized spacial score (nSPS) is 20.3. The maximum atomic E-state index is 6.84. The molecule has 0 saturated carbocycles. The lowest BCUT2D eigenvalue weighted by atomic mass is 9.63. The fourth-order valence-electron chi connectivity index (χ4n) is 4.26. The molecule has 0 aliphatic carbocycles. The van der Waals surface area contributed by atoms with Crippen molar-refractivity contribution < 1.29 is 14.2 Å². The molecule has 2 fully saturated rings. The molecule has 0 radical (unpaired) electrons. The van der Waals surface area contributed by atoms with Crippen LogP contribution >= 0.6 is 0 Å². The second-order valence-corrected chi connectivity index (χ2v) is 7.78. The molecule has 3 nitrogen and oxygen atoms in total. The van der Waals surface area contributed by atoms with Crippen molar-refractivity contribution in [2.45, 2.75) is 32.8 Å². The van der Waals surface area contributed by atoms with Crippen LogP contribution in [0.5, 0.6) is 5.75 Å². The fourth-order valence-corrected chi connectivity index (χ4v) is 4.26. The van der Waals surface area contributed by atoms with E-state index in [1.165, 1.54) is 5.56 Å². The third-order valence-corrected chi connectivity index (χ3v) is 6.30. The zero-order valence-electron chi connectivity index (χ0n) is 15.7. The van der Waals surface area contributed by atoms with Gasteiger partial charge in [0.05, 0.1) is 37.3 Å². The summed E-state index contributed by atoms with van der Waals surface area (Å²) in [6.07, 6.45) is 2.23. The Balaban J connectivity index is 1.71. The fraction of sp³-hybridized carbons (Fsp3) is 0.478. The average molecular weight is 352 g/mol. The molecule has 0 bridgehead atoms. The molecule has 0 amide bonds. The van der Waals surface area contributed by atoms with Gasteiger partial charge in [-0.25, -0.2) is 0 Å². The first-order chi connectivity index (χ1) is 12.7. The van der Waals surface area contributed by atoms with E-state index in [0.29, 0.717) is 0 Å². The summed E-state index contributed by atoms with van der Waals surface area (Å²) >= 11 is 0. The highest BCUT2D eigenvalue weighted by atomic mass is 16.5. The van der Waals surface area contributed by atoms with Gasteiger partial charge in [0.25, 0.3) is 0 Å². The van der Waals surface area contributed by atoms with Gasteiger partial charge in [0.15, 0.2) is 0 Å². The van der Waals surface area contributed by atoms with Crippen molar-refractivity contribution in [2.75, 3.05) is 26.4 Å². The van der Waals surface area contributed by atoms with Gasteiger partial charge in [-0.3, -0.25) is 0 Å². The van der Waals surface area contributed by atoms with Crippen LogP contribution in [-0.2, 0) is 9.47 Å². The average Bonchev–Trinajstić information content (AvgIpc) is 2.62. The molecule has 2 heterocycles. The zero-order chi connectivity index (χ0) is 18.0. The Hall–Kier alpha value is -1.84. The Kier molecular flexibility index (Phi) is 4.76. The minimum Gasteiger partial charge on any atom is -0.488 e. The molecular weight excluding hydrogens is 324 g/mol. The number of ether oxygens (including phenoxy) is 3. The van der Waals surface area contributed by atoms with E-state index in [1.807, 2.05) is 6.07 Å². The van der Waals surface area contributed by atoms with Crippen molar-refractivity contribution in [1.82, 2.24) is 0 Å². The standard InChI is InChI=1S/C23H28O3/c1-3-22(14-24-15-22)21(23(4-2)16-25-17-23)26-20-13-9-8-12-19(20)18-10-6-5-7-11-18/h5-13,21H,3-4,14-17H2,1-2H3. The van der Waals surface area contributed by atoms with Crippen LogP contribution in [0, 0.1) is 10.8 Å². The smallest absolute Gasteiger partial charge is 0.127 e. The Morgan fingerprint density at radius 3 is 1.85 bits per heavy atom. The van der Waals surface area contributed by atoms with Gasteiger partial charge in [-0.1, -0.05) is 62.4 Å². The molecule has 2 aromatic carbocycles. The quantitative estimate of drug-likeness (QED) is 0.705. The molecule has 3 heteroatoms. The maximum absolute atomic E-state index is 6.84. The molecule has 0 N–H and O–H groups in total. The number of hydrogen-bond acceptors (Lipinski definition) is 3. The van der Waals surface area contributed by atoms with Gasteiger partial charge >= 0.3 is 0 Å². The lowest BCUT2D eigenvalue weighted by Crippen LogP contribution is -2.65. The number of benzene rings is 2. The molecule has 0 aromatic heterocycles. The predicted octanol–water partition coefficient (Wildman–Crippen LogP) is 4.95. The highest BCUT2D eigenvalue weighted by Gasteiger charge is 2.58. The number of para-hydroxylation sites is 1. The van der Waals surface area contributed by atoms with E-state index in [9.17, 15) is 0 Å². The van der Waals surface area contributed by atoms with E-state index in [2.05, 4.69) is 62.4 Å².